The predicted octanol–water partition coefficient (Wildman–Crippen LogP) is 3.96. The van der Waals surface area contributed by atoms with E-state index in [1.165, 1.54) is 17.7 Å². The van der Waals surface area contributed by atoms with Gasteiger partial charge in [0.1, 0.15) is 5.82 Å². The van der Waals surface area contributed by atoms with E-state index in [1.54, 1.807) is 0 Å². The van der Waals surface area contributed by atoms with Gasteiger partial charge in [-0.2, -0.15) is 0 Å². The van der Waals surface area contributed by atoms with E-state index in [-0.39, 0.29) is 6.03 Å². The molecule has 5 heteroatoms. The van der Waals surface area contributed by atoms with Crippen molar-refractivity contribution in [2.45, 2.75) is 46.6 Å². The summed E-state index contributed by atoms with van der Waals surface area (Å²) < 4.78 is 2.32. The third kappa shape index (κ3) is 4.71. The first-order chi connectivity index (χ1) is 13.1. The third-order valence-electron chi connectivity index (χ3n) is 5.62. The van der Waals surface area contributed by atoms with Gasteiger partial charge < -0.3 is 14.4 Å². The first kappa shape index (κ1) is 19.5. The number of nitrogens with zero attached hydrogens (tertiary/aromatic N) is 4. The Kier molecular flexibility index (Phi) is 6.54. The highest BCUT2D eigenvalue weighted by Gasteiger charge is 2.27. The van der Waals surface area contributed by atoms with E-state index in [0.717, 1.165) is 51.4 Å². The van der Waals surface area contributed by atoms with E-state index in [9.17, 15) is 4.79 Å². The van der Waals surface area contributed by atoms with E-state index >= 15 is 0 Å². The summed E-state index contributed by atoms with van der Waals surface area (Å²) in [5.74, 6) is 1.62. The molecule has 1 aliphatic rings. The number of amides is 2. The normalized spacial score (nSPS) is 17.1. The van der Waals surface area contributed by atoms with Gasteiger partial charge in [0.15, 0.2) is 0 Å². The zero-order chi connectivity index (χ0) is 19.2. The molecule has 27 heavy (non-hydrogen) atoms. The molecule has 3 rings (SSSR count). The first-order valence-corrected chi connectivity index (χ1v) is 10.2. The molecule has 1 aliphatic heterocycles. The van der Waals surface area contributed by atoms with Crippen molar-refractivity contribution in [3.63, 3.8) is 0 Å². The highest BCUT2D eigenvalue weighted by molar-refractivity contribution is 5.74. The Hall–Kier alpha value is -2.30. The molecule has 0 spiro atoms. The van der Waals surface area contributed by atoms with Crippen LogP contribution in [0.3, 0.4) is 0 Å². The lowest BCUT2D eigenvalue weighted by Gasteiger charge is -2.36. The summed E-state index contributed by atoms with van der Waals surface area (Å²) in [6, 6.07) is 10.7. The Morgan fingerprint density at radius 2 is 1.96 bits per heavy atom. The topological polar surface area (TPSA) is 41.4 Å². The fourth-order valence-corrected chi connectivity index (χ4v) is 4.01. The van der Waals surface area contributed by atoms with Gasteiger partial charge in [0.2, 0.25) is 0 Å². The molecule has 1 unspecified atom stereocenters. The Balaban J connectivity index is 1.68. The van der Waals surface area contributed by atoms with Crippen molar-refractivity contribution in [3.05, 3.63) is 53.6 Å². The smallest absolute Gasteiger partial charge is 0.319 e. The number of aromatic nitrogens is 2. The van der Waals surface area contributed by atoms with Crippen LogP contribution >= 0.6 is 0 Å². The highest BCUT2D eigenvalue weighted by Crippen LogP contribution is 2.22. The molecule has 5 nitrogen and oxygen atoms in total. The fraction of sp³-hybridized carbons (Fsp3) is 0.545. The van der Waals surface area contributed by atoms with E-state index < -0.39 is 0 Å². The molecule has 146 valence electrons. The number of hydrogen-bond donors (Lipinski definition) is 0. The van der Waals surface area contributed by atoms with Gasteiger partial charge >= 0.3 is 6.03 Å². The second-order valence-electron chi connectivity index (χ2n) is 7.50. The number of hydrogen-bond acceptors (Lipinski definition) is 2. The summed E-state index contributed by atoms with van der Waals surface area (Å²) in [6.07, 6.45) is 5.15. The van der Waals surface area contributed by atoms with E-state index in [0.29, 0.717) is 5.92 Å². The van der Waals surface area contributed by atoms with E-state index in [1.807, 2.05) is 29.8 Å². The fourth-order valence-electron chi connectivity index (χ4n) is 4.01. The molecular weight excluding hydrogens is 336 g/mol. The average Bonchev–Trinajstić information content (AvgIpc) is 3.03. The summed E-state index contributed by atoms with van der Waals surface area (Å²) in [5, 5.41) is 0. The molecule has 1 aromatic heterocycles. The summed E-state index contributed by atoms with van der Waals surface area (Å²) in [6.45, 7) is 10.3. The van der Waals surface area contributed by atoms with Gasteiger partial charge in [-0.25, -0.2) is 9.78 Å². The van der Waals surface area contributed by atoms with Crippen LogP contribution in [0.25, 0.3) is 0 Å². The number of aryl methyl sites for hydroxylation is 1. The number of rotatable bonds is 6. The van der Waals surface area contributed by atoms with Crippen molar-refractivity contribution in [3.8, 4) is 0 Å². The minimum absolute atomic E-state index is 0.188. The zero-order valence-corrected chi connectivity index (χ0v) is 16.9. The van der Waals surface area contributed by atoms with Gasteiger partial charge in [0.25, 0.3) is 0 Å². The monoisotopic (exact) mass is 368 g/mol. The van der Waals surface area contributed by atoms with Gasteiger partial charge in [0.05, 0.1) is 0 Å². The van der Waals surface area contributed by atoms with E-state index in [2.05, 4.69) is 41.8 Å². The molecule has 1 atom stereocenters. The molecule has 0 saturated carbocycles. The van der Waals surface area contributed by atoms with Crippen molar-refractivity contribution in [1.29, 1.82) is 0 Å². The van der Waals surface area contributed by atoms with Crippen LogP contribution in [-0.4, -0.2) is 51.6 Å². The lowest BCUT2D eigenvalue weighted by molar-refractivity contribution is 0.131. The number of carbonyl (C=O) groups is 1. The SMILES string of the molecule is CCN(CC)C(=O)N1CCCC(Cc2ncc(C)n2Cc2ccccc2)C1. The van der Waals surface area contributed by atoms with Gasteiger partial charge in [-0.1, -0.05) is 30.3 Å². The molecule has 0 N–H and O–H groups in total. The number of likely N-dealkylation sites (tertiary alicyclic amines) is 1. The Labute approximate surface area is 163 Å². The molecule has 2 heterocycles. The van der Waals surface area contributed by atoms with Crippen LogP contribution in [0.2, 0.25) is 0 Å². The second kappa shape index (κ2) is 9.07. The number of urea groups is 1. The average molecular weight is 369 g/mol. The molecule has 1 aromatic carbocycles. The minimum Gasteiger partial charge on any atom is -0.328 e. The van der Waals surface area contributed by atoms with Crippen LogP contribution in [0.1, 0.15) is 43.8 Å². The third-order valence-corrected chi connectivity index (χ3v) is 5.62. The van der Waals surface area contributed by atoms with Crippen LogP contribution in [0, 0.1) is 12.8 Å². The van der Waals surface area contributed by atoms with Crippen LogP contribution in [0.4, 0.5) is 4.79 Å². The van der Waals surface area contributed by atoms with Gasteiger partial charge in [-0.15, -0.1) is 0 Å². The Morgan fingerprint density at radius 3 is 2.67 bits per heavy atom. The Bertz CT molecular complexity index is 736. The zero-order valence-electron chi connectivity index (χ0n) is 16.9. The summed E-state index contributed by atoms with van der Waals surface area (Å²) in [5.41, 5.74) is 2.49. The molecular formula is C22H32N4O. The molecule has 2 amide bonds. The predicted molar refractivity (Wildman–Crippen MR) is 109 cm³/mol. The molecule has 0 bridgehead atoms. The van der Waals surface area contributed by atoms with Crippen LogP contribution in [-0.2, 0) is 13.0 Å². The summed E-state index contributed by atoms with van der Waals surface area (Å²) in [4.78, 5) is 21.4. The maximum absolute atomic E-state index is 12.7. The molecule has 0 aliphatic carbocycles. The largest absolute Gasteiger partial charge is 0.328 e. The molecule has 2 aromatic rings. The Morgan fingerprint density at radius 1 is 1.22 bits per heavy atom. The second-order valence-corrected chi connectivity index (χ2v) is 7.50. The van der Waals surface area contributed by atoms with E-state index in [4.69, 9.17) is 4.98 Å². The summed E-state index contributed by atoms with van der Waals surface area (Å²) >= 11 is 0. The standard InChI is InChI=1S/C22H32N4O/c1-4-24(5-2)22(27)25-13-9-12-20(16-25)14-21-23-15-18(3)26(21)17-19-10-7-6-8-11-19/h6-8,10-11,15,20H,4-5,9,12-14,16-17H2,1-3H3. The minimum atomic E-state index is 0.188. The van der Waals surface area contributed by atoms with Gasteiger partial charge in [-0.3, -0.25) is 0 Å². The lowest BCUT2D eigenvalue weighted by atomic mass is 9.94. The van der Waals surface area contributed by atoms with Gasteiger partial charge in [-0.05, 0) is 45.1 Å². The maximum atomic E-state index is 12.7. The molecule has 1 saturated heterocycles. The summed E-state index contributed by atoms with van der Waals surface area (Å²) in [7, 11) is 0. The number of benzene rings is 1. The highest BCUT2D eigenvalue weighted by atomic mass is 16.2. The quantitative estimate of drug-likeness (QED) is 0.774. The first-order valence-electron chi connectivity index (χ1n) is 10.2. The van der Waals surface area contributed by atoms with Crippen molar-refractivity contribution < 1.29 is 4.79 Å². The lowest BCUT2D eigenvalue weighted by Crippen LogP contribution is -2.47. The van der Waals surface area contributed by atoms with Gasteiger partial charge in [0, 0.05) is 51.0 Å². The van der Waals surface area contributed by atoms with Crippen molar-refractivity contribution in [2.75, 3.05) is 26.2 Å². The van der Waals surface area contributed by atoms with Crippen molar-refractivity contribution in [2.24, 2.45) is 5.92 Å². The number of imidazole rings is 1. The van der Waals surface area contributed by atoms with Crippen LogP contribution < -0.4 is 0 Å². The number of piperidine rings is 1. The van der Waals surface area contributed by atoms with Crippen LogP contribution in [0.5, 0.6) is 0 Å². The maximum Gasteiger partial charge on any atom is 0.319 e. The van der Waals surface area contributed by atoms with Crippen molar-refractivity contribution in [1.82, 2.24) is 19.4 Å². The number of carbonyl (C=O) groups excluding carboxylic acids is 1. The molecule has 0 radical (unpaired) electrons. The van der Waals surface area contributed by atoms with Crippen LogP contribution in [0.15, 0.2) is 36.5 Å². The molecule has 1 fully saturated rings. The van der Waals surface area contributed by atoms with Crippen molar-refractivity contribution >= 4 is 6.03 Å².